The first-order valence-electron chi connectivity index (χ1n) is 7.86. The predicted octanol–water partition coefficient (Wildman–Crippen LogP) is 0.918. The van der Waals surface area contributed by atoms with Crippen LogP contribution < -0.4 is 34.7 Å². The standard InChI is InChI=1S/C19H22ClN3O.Na/c1-6-23-17(16(20)12(2)22-23)18(24)15(11-21)13-7-9-14(10-8-13)19(3,4)5;/h7-10,24H,6H2,1-5H3;/q;+1/p-1. The van der Waals surface area contributed by atoms with Crippen LogP contribution in [0.15, 0.2) is 24.3 Å². The largest absolute Gasteiger partial charge is 1.00 e. The molecule has 1 aromatic heterocycles. The van der Waals surface area contributed by atoms with Gasteiger partial charge in [0.1, 0.15) is 0 Å². The van der Waals surface area contributed by atoms with Crippen LogP contribution in [0.25, 0.3) is 11.3 Å². The summed E-state index contributed by atoms with van der Waals surface area (Å²) in [7, 11) is 0. The Bertz CT molecular complexity index is 824. The average Bonchev–Trinajstić information content (AvgIpc) is 2.82. The second-order valence-corrected chi connectivity index (χ2v) is 7.09. The van der Waals surface area contributed by atoms with E-state index in [1.54, 1.807) is 11.6 Å². The van der Waals surface area contributed by atoms with E-state index >= 15 is 0 Å². The van der Waals surface area contributed by atoms with Crippen LogP contribution in [-0.4, -0.2) is 9.78 Å². The van der Waals surface area contributed by atoms with E-state index in [9.17, 15) is 10.4 Å². The third-order valence-electron chi connectivity index (χ3n) is 3.95. The van der Waals surface area contributed by atoms with E-state index in [1.165, 1.54) is 0 Å². The Morgan fingerprint density at radius 2 is 1.84 bits per heavy atom. The van der Waals surface area contributed by atoms with Crippen LogP contribution in [0.5, 0.6) is 0 Å². The predicted molar refractivity (Wildman–Crippen MR) is 95.2 cm³/mol. The molecule has 126 valence electrons. The molecule has 4 nitrogen and oxygen atoms in total. The number of aromatic nitrogens is 2. The second kappa shape index (κ2) is 8.42. The van der Waals surface area contributed by atoms with Crippen molar-refractivity contribution in [3.05, 3.63) is 51.8 Å². The fourth-order valence-electron chi connectivity index (χ4n) is 2.51. The van der Waals surface area contributed by atoms with Crippen molar-refractivity contribution in [1.29, 1.82) is 5.26 Å². The van der Waals surface area contributed by atoms with Crippen molar-refractivity contribution in [3.63, 3.8) is 0 Å². The van der Waals surface area contributed by atoms with Gasteiger partial charge >= 0.3 is 29.6 Å². The molecule has 0 spiro atoms. The van der Waals surface area contributed by atoms with Crippen LogP contribution in [0.4, 0.5) is 0 Å². The zero-order valence-corrected chi connectivity index (χ0v) is 18.4. The van der Waals surface area contributed by atoms with Crippen LogP contribution >= 0.6 is 11.6 Å². The SMILES string of the molecule is CCn1nc(C)c(Cl)c1C([O-])=C(C#N)c1ccc(C(C)(C)C)cc1.[Na+]. The molecular formula is C19H21ClN3NaO. The number of hydrogen-bond donors (Lipinski definition) is 0. The molecule has 0 aliphatic carbocycles. The molecule has 0 radical (unpaired) electrons. The summed E-state index contributed by atoms with van der Waals surface area (Å²) in [6.07, 6.45) is 0. The van der Waals surface area contributed by atoms with Gasteiger partial charge in [-0.15, -0.1) is 0 Å². The van der Waals surface area contributed by atoms with Gasteiger partial charge in [-0.1, -0.05) is 62.4 Å². The summed E-state index contributed by atoms with van der Waals surface area (Å²) in [5.74, 6) is -0.395. The molecular weight excluding hydrogens is 345 g/mol. The van der Waals surface area contributed by atoms with Gasteiger partial charge in [-0.05, 0) is 30.4 Å². The minimum atomic E-state index is -0.395. The maximum Gasteiger partial charge on any atom is 1.00 e. The average molecular weight is 366 g/mol. The van der Waals surface area contributed by atoms with Crippen LogP contribution in [0.1, 0.15) is 50.2 Å². The molecule has 0 amide bonds. The molecule has 2 rings (SSSR count). The van der Waals surface area contributed by atoms with E-state index in [1.807, 2.05) is 37.3 Å². The molecule has 0 unspecified atom stereocenters. The third-order valence-corrected chi connectivity index (χ3v) is 4.40. The van der Waals surface area contributed by atoms with Crippen molar-refractivity contribution >= 4 is 22.9 Å². The van der Waals surface area contributed by atoms with Crippen LogP contribution in [0, 0.1) is 18.3 Å². The fourth-order valence-corrected chi connectivity index (χ4v) is 2.73. The van der Waals surface area contributed by atoms with E-state index < -0.39 is 5.76 Å². The molecule has 0 saturated carbocycles. The molecule has 0 aliphatic heterocycles. The summed E-state index contributed by atoms with van der Waals surface area (Å²) in [4.78, 5) is 0. The van der Waals surface area contributed by atoms with E-state index in [2.05, 4.69) is 25.9 Å². The Kier molecular flexibility index (Phi) is 7.34. The summed E-state index contributed by atoms with van der Waals surface area (Å²) >= 11 is 6.23. The van der Waals surface area contributed by atoms with E-state index in [-0.39, 0.29) is 46.2 Å². The van der Waals surface area contributed by atoms with Gasteiger partial charge < -0.3 is 5.11 Å². The number of rotatable bonds is 3. The minimum Gasteiger partial charge on any atom is -0.870 e. The second-order valence-electron chi connectivity index (χ2n) is 6.71. The molecule has 2 aromatic rings. The van der Waals surface area contributed by atoms with Crippen molar-refractivity contribution in [2.75, 3.05) is 0 Å². The Morgan fingerprint density at radius 3 is 2.28 bits per heavy atom. The Hall–Kier alpha value is -1.25. The van der Waals surface area contributed by atoms with Crippen molar-refractivity contribution in [2.45, 2.75) is 46.6 Å². The van der Waals surface area contributed by atoms with Gasteiger partial charge in [0.2, 0.25) is 0 Å². The molecule has 0 N–H and O–H groups in total. The first kappa shape index (κ1) is 21.8. The number of nitrogens with zero attached hydrogens (tertiary/aromatic N) is 3. The number of halogens is 1. The molecule has 1 aromatic carbocycles. The van der Waals surface area contributed by atoms with Gasteiger partial charge in [-0.3, -0.25) is 4.68 Å². The van der Waals surface area contributed by atoms with Crippen molar-refractivity contribution in [2.24, 2.45) is 0 Å². The smallest absolute Gasteiger partial charge is 0.870 e. The Balaban J connectivity index is 0.00000312. The zero-order chi connectivity index (χ0) is 18.1. The van der Waals surface area contributed by atoms with Gasteiger partial charge in [-0.25, -0.2) is 0 Å². The number of hydrogen-bond acceptors (Lipinski definition) is 3. The monoisotopic (exact) mass is 365 g/mol. The van der Waals surface area contributed by atoms with E-state index in [0.717, 1.165) is 5.56 Å². The van der Waals surface area contributed by atoms with Gasteiger partial charge in [-0.2, -0.15) is 10.4 Å². The fraction of sp³-hybridized carbons (Fsp3) is 0.368. The number of allylic oxidation sites excluding steroid dienone is 1. The van der Waals surface area contributed by atoms with Crippen molar-refractivity contribution < 1.29 is 34.7 Å². The van der Waals surface area contributed by atoms with Crippen LogP contribution in [0.2, 0.25) is 5.02 Å². The first-order valence-corrected chi connectivity index (χ1v) is 8.24. The molecule has 1 heterocycles. The van der Waals surface area contributed by atoms with Gasteiger partial charge in [0.05, 0.1) is 28.1 Å². The Morgan fingerprint density at radius 1 is 1.28 bits per heavy atom. The number of nitriles is 1. The summed E-state index contributed by atoms with van der Waals surface area (Å²) in [6, 6.07) is 9.55. The number of aryl methyl sites for hydroxylation is 2. The van der Waals surface area contributed by atoms with Crippen LogP contribution in [0.3, 0.4) is 0 Å². The normalized spacial score (nSPS) is 12.2. The summed E-state index contributed by atoms with van der Waals surface area (Å²) < 4.78 is 1.54. The summed E-state index contributed by atoms with van der Waals surface area (Å²) in [5, 5.41) is 26.9. The number of benzene rings is 1. The molecule has 0 atom stereocenters. The third kappa shape index (κ3) is 4.48. The van der Waals surface area contributed by atoms with E-state index in [4.69, 9.17) is 11.6 Å². The van der Waals surface area contributed by atoms with Crippen LogP contribution in [-0.2, 0) is 12.0 Å². The van der Waals surface area contributed by atoms with Gasteiger partial charge in [0, 0.05) is 6.54 Å². The zero-order valence-electron chi connectivity index (χ0n) is 15.6. The summed E-state index contributed by atoms with van der Waals surface area (Å²) in [6.45, 7) is 10.5. The maximum absolute atomic E-state index is 12.9. The topological polar surface area (TPSA) is 64.7 Å². The van der Waals surface area contributed by atoms with Gasteiger partial charge in [0.25, 0.3) is 0 Å². The molecule has 0 aliphatic rings. The maximum atomic E-state index is 12.9. The first-order chi connectivity index (χ1) is 11.2. The summed E-state index contributed by atoms with van der Waals surface area (Å²) in [5.41, 5.74) is 2.68. The quantitative estimate of drug-likeness (QED) is 0.461. The molecule has 0 fully saturated rings. The molecule has 6 heteroatoms. The molecule has 0 saturated heterocycles. The molecule has 25 heavy (non-hydrogen) atoms. The Labute approximate surface area is 176 Å². The minimum absolute atomic E-state index is 0. The van der Waals surface area contributed by atoms with Crippen molar-refractivity contribution in [3.8, 4) is 6.07 Å². The molecule has 0 bridgehead atoms. The van der Waals surface area contributed by atoms with E-state index in [0.29, 0.717) is 22.8 Å². The van der Waals surface area contributed by atoms with Gasteiger partial charge in [0.15, 0.2) is 0 Å². The van der Waals surface area contributed by atoms with Crippen molar-refractivity contribution in [1.82, 2.24) is 9.78 Å².